The minimum Gasteiger partial charge on any atom is -0.322 e. The van der Waals surface area contributed by atoms with Crippen LogP contribution in [0.5, 0.6) is 0 Å². The molecule has 0 unspecified atom stereocenters. The Kier molecular flexibility index (Phi) is 2.03. The van der Waals surface area contributed by atoms with Crippen molar-refractivity contribution in [2.24, 2.45) is 0 Å². The number of carbonyl (C=O) groups is 1. The van der Waals surface area contributed by atoms with Gasteiger partial charge in [-0.2, -0.15) is 5.10 Å². The first-order valence-electron chi connectivity index (χ1n) is 4.22. The summed E-state index contributed by atoms with van der Waals surface area (Å²) in [5, 5.41) is 8.25. The molecule has 0 aromatic carbocycles. The molecule has 5 heteroatoms. The smallest absolute Gasteiger partial charge is 0.234 e. The fourth-order valence-electron chi connectivity index (χ4n) is 1.37. The first-order valence-corrected chi connectivity index (χ1v) is 5.21. The number of hydrogen-bond donors (Lipinski definition) is 1. The van der Waals surface area contributed by atoms with Crippen molar-refractivity contribution < 1.29 is 4.79 Å². The summed E-state index contributed by atoms with van der Waals surface area (Å²) in [7, 11) is 0. The molecule has 2 heterocycles. The van der Waals surface area contributed by atoms with E-state index in [0.29, 0.717) is 5.75 Å². The number of anilines is 1. The molecule has 1 aliphatic rings. The van der Waals surface area contributed by atoms with Crippen molar-refractivity contribution in [1.29, 1.82) is 0 Å². The molecule has 0 aliphatic carbocycles. The summed E-state index contributed by atoms with van der Waals surface area (Å²) < 4.78 is 1.93. The number of hydrogen-bond acceptors (Lipinski definition) is 3. The second-order valence-electron chi connectivity index (χ2n) is 2.92. The molecule has 1 aromatic rings. The molecule has 70 valence electrons. The number of fused-ring (bicyclic) bond motifs is 1. The molecule has 13 heavy (non-hydrogen) atoms. The Hall–Kier alpha value is -0.970. The van der Waals surface area contributed by atoms with E-state index in [1.54, 1.807) is 11.8 Å². The number of amides is 1. The van der Waals surface area contributed by atoms with E-state index < -0.39 is 0 Å². The molecule has 1 aliphatic heterocycles. The van der Waals surface area contributed by atoms with Crippen LogP contribution in [0.25, 0.3) is 0 Å². The van der Waals surface area contributed by atoms with Gasteiger partial charge in [0.1, 0.15) is 5.03 Å². The van der Waals surface area contributed by atoms with Gasteiger partial charge >= 0.3 is 0 Å². The summed E-state index contributed by atoms with van der Waals surface area (Å²) in [6, 6.07) is 0. The fraction of sp³-hybridized carbons (Fsp3) is 0.500. The quantitative estimate of drug-likeness (QED) is 0.737. The predicted molar refractivity (Wildman–Crippen MR) is 52.0 cm³/mol. The lowest BCUT2D eigenvalue weighted by Gasteiger charge is -2.13. The molecule has 0 bridgehead atoms. The Bertz CT molecular complexity index is 359. The number of nitrogens with zero attached hydrogens (tertiary/aromatic N) is 2. The number of nitrogens with one attached hydrogen (secondary N) is 1. The van der Waals surface area contributed by atoms with E-state index in [0.717, 1.165) is 23.0 Å². The molecule has 0 saturated heterocycles. The Balaban J connectivity index is 2.47. The number of carbonyl (C=O) groups excluding carboxylic acids is 1. The third-order valence-corrected chi connectivity index (χ3v) is 3.08. The Morgan fingerprint density at radius 2 is 2.46 bits per heavy atom. The lowest BCUT2D eigenvalue weighted by atomic mass is 10.4. The molecule has 0 radical (unpaired) electrons. The van der Waals surface area contributed by atoms with Gasteiger partial charge < -0.3 is 5.32 Å². The van der Waals surface area contributed by atoms with Crippen molar-refractivity contribution in [2.75, 3.05) is 11.1 Å². The number of aromatic nitrogens is 2. The predicted octanol–water partition coefficient (Wildman–Crippen LogP) is 1.26. The van der Waals surface area contributed by atoms with Crippen LogP contribution >= 0.6 is 11.8 Å². The third kappa shape index (κ3) is 1.33. The maximum atomic E-state index is 11.1. The van der Waals surface area contributed by atoms with Crippen LogP contribution < -0.4 is 5.32 Å². The van der Waals surface area contributed by atoms with Crippen LogP contribution in [-0.4, -0.2) is 21.4 Å². The number of aryl methyl sites for hydroxylation is 2. The van der Waals surface area contributed by atoms with Crippen molar-refractivity contribution >= 4 is 23.4 Å². The van der Waals surface area contributed by atoms with Crippen LogP contribution in [-0.2, 0) is 11.3 Å². The van der Waals surface area contributed by atoms with Crippen molar-refractivity contribution in [3.8, 4) is 0 Å². The Morgan fingerprint density at radius 1 is 1.69 bits per heavy atom. The van der Waals surface area contributed by atoms with Crippen molar-refractivity contribution in [1.82, 2.24) is 9.78 Å². The molecule has 1 aromatic heterocycles. The molecule has 0 spiro atoms. The van der Waals surface area contributed by atoms with E-state index in [9.17, 15) is 4.79 Å². The summed E-state index contributed by atoms with van der Waals surface area (Å²) in [4.78, 5) is 11.1. The SMILES string of the molecule is CCn1nc(C)c2c1SCC(=O)N2. The third-order valence-electron chi connectivity index (χ3n) is 1.98. The maximum Gasteiger partial charge on any atom is 0.234 e. The van der Waals surface area contributed by atoms with Gasteiger partial charge in [-0.25, -0.2) is 0 Å². The number of rotatable bonds is 1. The monoisotopic (exact) mass is 197 g/mol. The molecule has 1 amide bonds. The zero-order valence-electron chi connectivity index (χ0n) is 7.63. The standard InChI is InChI=1S/C8H11N3OS/c1-3-11-8-7(5(2)10-11)9-6(12)4-13-8/h3-4H2,1-2H3,(H,9,12). The van der Waals surface area contributed by atoms with E-state index >= 15 is 0 Å². The summed E-state index contributed by atoms with van der Waals surface area (Å²) in [6.07, 6.45) is 0. The Labute approximate surface area is 80.7 Å². The first-order chi connectivity index (χ1) is 6.22. The molecular formula is C8H11N3OS. The van der Waals surface area contributed by atoms with Crippen LogP contribution in [0.1, 0.15) is 12.6 Å². The lowest BCUT2D eigenvalue weighted by molar-refractivity contribution is -0.113. The summed E-state index contributed by atoms with van der Waals surface area (Å²) in [6.45, 7) is 4.81. The van der Waals surface area contributed by atoms with Gasteiger partial charge in [-0.1, -0.05) is 11.8 Å². The number of thioether (sulfide) groups is 1. The molecule has 4 nitrogen and oxygen atoms in total. The average molecular weight is 197 g/mol. The van der Waals surface area contributed by atoms with E-state index in [4.69, 9.17) is 0 Å². The highest BCUT2D eigenvalue weighted by Gasteiger charge is 2.22. The van der Waals surface area contributed by atoms with Gasteiger partial charge in [0.25, 0.3) is 0 Å². The van der Waals surface area contributed by atoms with Crippen molar-refractivity contribution in [3.63, 3.8) is 0 Å². The largest absolute Gasteiger partial charge is 0.322 e. The zero-order valence-corrected chi connectivity index (χ0v) is 8.44. The van der Waals surface area contributed by atoms with Crippen LogP contribution in [0.2, 0.25) is 0 Å². The molecule has 2 rings (SSSR count). The van der Waals surface area contributed by atoms with Gasteiger partial charge in [-0.05, 0) is 13.8 Å². The van der Waals surface area contributed by atoms with E-state index in [2.05, 4.69) is 10.4 Å². The normalized spacial score (nSPS) is 15.4. The molecule has 0 saturated carbocycles. The van der Waals surface area contributed by atoms with Gasteiger partial charge in [-0.15, -0.1) is 0 Å². The van der Waals surface area contributed by atoms with Crippen molar-refractivity contribution in [2.45, 2.75) is 25.4 Å². The van der Waals surface area contributed by atoms with Crippen LogP contribution in [0.3, 0.4) is 0 Å². The van der Waals surface area contributed by atoms with Gasteiger partial charge in [0.05, 0.1) is 17.1 Å². The van der Waals surface area contributed by atoms with Gasteiger partial charge in [0.15, 0.2) is 0 Å². The molecule has 0 atom stereocenters. The molecule has 1 N–H and O–H groups in total. The lowest BCUT2D eigenvalue weighted by Crippen LogP contribution is -2.19. The minimum absolute atomic E-state index is 0.0660. The zero-order chi connectivity index (χ0) is 9.42. The minimum atomic E-state index is 0.0660. The molecule has 0 fully saturated rings. The summed E-state index contributed by atoms with van der Waals surface area (Å²) in [5.41, 5.74) is 1.79. The topological polar surface area (TPSA) is 46.9 Å². The fourth-order valence-corrected chi connectivity index (χ4v) is 2.38. The summed E-state index contributed by atoms with van der Waals surface area (Å²) >= 11 is 1.56. The maximum absolute atomic E-state index is 11.1. The van der Waals surface area contributed by atoms with E-state index in [1.165, 1.54) is 0 Å². The Morgan fingerprint density at radius 3 is 3.15 bits per heavy atom. The van der Waals surface area contributed by atoms with Crippen LogP contribution in [0, 0.1) is 6.92 Å². The van der Waals surface area contributed by atoms with Gasteiger partial charge in [0, 0.05) is 6.54 Å². The second-order valence-corrected chi connectivity index (χ2v) is 3.88. The van der Waals surface area contributed by atoms with Crippen molar-refractivity contribution in [3.05, 3.63) is 5.69 Å². The van der Waals surface area contributed by atoms with E-state index in [-0.39, 0.29) is 5.91 Å². The highest BCUT2D eigenvalue weighted by Crippen LogP contribution is 2.33. The van der Waals surface area contributed by atoms with E-state index in [1.807, 2.05) is 18.5 Å². The van der Waals surface area contributed by atoms with Gasteiger partial charge in [0.2, 0.25) is 5.91 Å². The van der Waals surface area contributed by atoms with Crippen LogP contribution in [0.4, 0.5) is 5.69 Å². The highest BCUT2D eigenvalue weighted by molar-refractivity contribution is 8.00. The average Bonchev–Trinajstić information content (AvgIpc) is 2.43. The second kappa shape index (κ2) is 3.06. The molecular weight excluding hydrogens is 186 g/mol. The van der Waals surface area contributed by atoms with Gasteiger partial charge in [-0.3, -0.25) is 9.48 Å². The summed E-state index contributed by atoms with van der Waals surface area (Å²) in [5.74, 6) is 0.564. The highest BCUT2D eigenvalue weighted by atomic mass is 32.2. The first kappa shape index (κ1) is 8.62. The van der Waals surface area contributed by atoms with Crippen LogP contribution in [0.15, 0.2) is 5.03 Å².